The van der Waals surface area contributed by atoms with E-state index in [-0.39, 0.29) is 17.6 Å². The van der Waals surface area contributed by atoms with E-state index in [4.69, 9.17) is 0 Å². The number of benzene rings is 1. The average Bonchev–Trinajstić information content (AvgIpc) is 2.76. The fraction of sp³-hybridized carbons (Fsp3) is 0.364. The highest BCUT2D eigenvalue weighted by molar-refractivity contribution is 7.89. The van der Waals surface area contributed by atoms with Crippen molar-refractivity contribution in [1.29, 1.82) is 0 Å². The molecule has 0 amide bonds. The lowest BCUT2D eigenvalue weighted by Gasteiger charge is -2.32. The van der Waals surface area contributed by atoms with E-state index in [9.17, 15) is 12.8 Å². The number of nitrogens with one attached hydrogen (secondary N) is 1. The Morgan fingerprint density at radius 3 is 2.67 bits per heavy atom. The molecule has 1 fully saturated rings. The van der Waals surface area contributed by atoms with Gasteiger partial charge < -0.3 is 5.32 Å². The van der Waals surface area contributed by atoms with Crippen LogP contribution in [0.2, 0.25) is 0 Å². The van der Waals surface area contributed by atoms with Crippen molar-refractivity contribution in [3.05, 3.63) is 54.4 Å². The minimum Gasteiger partial charge on any atom is -0.382 e. The van der Waals surface area contributed by atoms with Crippen molar-refractivity contribution in [3.8, 4) is 11.1 Å². The third kappa shape index (κ3) is 4.02. The van der Waals surface area contributed by atoms with Crippen molar-refractivity contribution >= 4 is 26.5 Å². The molecular formula is C22H25FN4O2S. The van der Waals surface area contributed by atoms with Crippen LogP contribution in [0.4, 0.5) is 10.1 Å². The largest absolute Gasteiger partial charge is 0.382 e. The molecule has 158 valence electrons. The van der Waals surface area contributed by atoms with Gasteiger partial charge in [-0.2, -0.15) is 0 Å². The minimum atomic E-state index is -3.16. The number of nitrogens with zero attached hydrogens (tertiary/aromatic N) is 3. The number of fused-ring (bicyclic) bond motifs is 1. The standard InChI is InChI=1S/C22H25FN4O2S/c1-3-30(28,29)27-8-5-18(6-9-27)26-21-11-17(10-16-4-7-24-13-19(16)21)20-14-25-12-15(2)22(20)23/h4,7,10-14,18,26H,3,5-6,8-9H2,1-2H3. The van der Waals surface area contributed by atoms with Gasteiger partial charge in [-0.25, -0.2) is 17.1 Å². The van der Waals surface area contributed by atoms with Gasteiger partial charge in [-0.05, 0) is 55.8 Å². The molecule has 0 unspecified atom stereocenters. The van der Waals surface area contributed by atoms with Gasteiger partial charge in [0.05, 0.1) is 5.75 Å². The lowest BCUT2D eigenvalue weighted by Crippen LogP contribution is -2.42. The number of hydrogen-bond acceptors (Lipinski definition) is 5. The first-order valence-electron chi connectivity index (χ1n) is 10.1. The second-order valence-electron chi connectivity index (χ2n) is 7.66. The van der Waals surface area contributed by atoms with E-state index in [0.717, 1.165) is 22.0 Å². The van der Waals surface area contributed by atoms with Gasteiger partial charge in [0.25, 0.3) is 0 Å². The van der Waals surface area contributed by atoms with Crippen molar-refractivity contribution in [3.63, 3.8) is 0 Å². The van der Waals surface area contributed by atoms with Gasteiger partial charge in [0.2, 0.25) is 10.0 Å². The van der Waals surface area contributed by atoms with Crippen LogP contribution in [-0.2, 0) is 10.0 Å². The van der Waals surface area contributed by atoms with Gasteiger partial charge >= 0.3 is 0 Å². The third-order valence-corrected chi connectivity index (χ3v) is 7.57. The van der Waals surface area contributed by atoms with Gasteiger partial charge in [-0.3, -0.25) is 9.97 Å². The predicted octanol–water partition coefficient (Wildman–Crippen LogP) is 3.97. The van der Waals surface area contributed by atoms with Crippen molar-refractivity contribution in [2.24, 2.45) is 0 Å². The maximum absolute atomic E-state index is 14.7. The number of pyridine rings is 2. The molecule has 2 aromatic heterocycles. The highest BCUT2D eigenvalue weighted by Crippen LogP contribution is 2.33. The quantitative estimate of drug-likeness (QED) is 0.666. The molecule has 6 nitrogen and oxygen atoms in total. The summed E-state index contributed by atoms with van der Waals surface area (Å²) in [4.78, 5) is 8.39. The van der Waals surface area contributed by atoms with E-state index in [0.29, 0.717) is 37.1 Å². The molecule has 0 saturated carbocycles. The molecule has 1 aliphatic heterocycles. The summed E-state index contributed by atoms with van der Waals surface area (Å²) in [6.45, 7) is 4.37. The van der Waals surface area contributed by atoms with Crippen LogP contribution in [0.3, 0.4) is 0 Å². The monoisotopic (exact) mass is 428 g/mol. The van der Waals surface area contributed by atoms with E-state index < -0.39 is 10.0 Å². The van der Waals surface area contributed by atoms with Gasteiger partial charge in [-0.15, -0.1) is 0 Å². The van der Waals surface area contributed by atoms with Crippen molar-refractivity contribution in [2.45, 2.75) is 32.7 Å². The first-order chi connectivity index (χ1) is 14.4. The third-order valence-electron chi connectivity index (χ3n) is 5.69. The molecule has 4 rings (SSSR count). The Kier molecular flexibility index (Phi) is 5.71. The maximum Gasteiger partial charge on any atom is 0.213 e. The van der Waals surface area contributed by atoms with E-state index in [1.165, 1.54) is 6.20 Å². The Bertz CT molecular complexity index is 1170. The van der Waals surface area contributed by atoms with Gasteiger partial charge in [0.15, 0.2) is 0 Å². The van der Waals surface area contributed by atoms with Crippen LogP contribution in [0, 0.1) is 12.7 Å². The first-order valence-corrected chi connectivity index (χ1v) is 11.7. The number of piperidine rings is 1. The Balaban J connectivity index is 1.65. The molecule has 1 aliphatic rings. The second-order valence-corrected chi connectivity index (χ2v) is 9.91. The fourth-order valence-corrected chi connectivity index (χ4v) is 5.04. The van der Waals surface area contributed by atoms with Gasteiger partial charge in [0, 0.05) is 66.1 Å². The number of aromatic nitrogens is 2. The summed E-state index contributed by atoms with van der Waals surface area (Å²) < 4.78 is 40.5. The molecule has 3 heterocycles. The van der Waals surface area contributed by atoms with E-state index in [1.807, 2.05) is 18.2 Å². The Morgan fingerprint density at radius 2 is 1.93 bits per heavy atom. The molecule has 1 N–H and O–H groups in total. The van der Waals surface area contributed by atoms with Crippen LogP contribution in [-0.4, -0.2) is 47.6 Å². The maximum atomic E-state index is 14.7. The van der Waals surface area contributed by atoms with Gasteiger partial charge in [0.1, 0.15) is 5.82 Å². The first kappa shape index (κ1) is 20.7. The fourth-order valence-electron chi connectivity index (χ4n) is 3.90. The smallest absolute Gasteiger partial charge is 0.213 e. The number of hydrogen-bond donors (Lipinski definition) is 1. The van der Waals surface area contributed by atoms with Crippen molar-refractivity contribution in [2.75, 3.05) is 24.2 Å². The summed E-state index contributed by atoms with van der Waals surface area (Å²) >= 11 is 0. The normalized spacial score (nSPS) is 16.1. The zero-order valence-corrected chi connectivity index (χ0v) is 17.9. The zero-order chi connectivity index (χ0) is 21.3. The van der Waals surface area contributed by atoms with Crippen molar-refractivity contribution in [1.82, 2.24) is 14.3 Å². The number of aryl methyl sites for hydroxylation is 1. The highest BCUT2D eigenvalue weighted by Gasteiger charge is 2.27. The molecule has 0 radical (unpaired) electrons. The SMILES string of the molecule is CCS(=O)(=O)N1CCC(Nc2cc(-c3cncc(C)c3F)cc3ccncc23)CC1. The predicted molar refractivity (Wildman–Crippen MR) is 117 cm³/mol. The minimum absolute atomic E-state index is 0.125. The Hall–Kier alpha value is -2.58. The highest BCUT2D eigenvalue weighted by atomic mass is 32.2. The summed E-state index contributed by atoms with van der Waals surface area (Å²) in [5.74, 6) is -0.151. The molecule has 30 heavy (non-hydrogen) atoms. The van der Waals surface area contributed by atoms with Crippen LogP contribution in [0.15, 0.2) is 43.0 Å². The number of halogens is 1. The van der Waals surface area contributed by atoms with Crippen LogP contribution in [0.1, 0.15) is 25.3 Å². The lowest BCUT2D eigenvalue weighted by molar-refractivity contribution is 0.330. The average molecular weight is 429 g/mol. The van der Waals surface area contributed by atoms with Gasteiger partial charge in [-0.1, -0.05) is 0 Å². The molecule has 0 bridgehead atoms. The lowest BCUT2D eigenvalue weighted by atomic mass is 9.99. The van der Waals surface area contributed by atoms with Crippen LogP contribution >= 0.6 is 0 Å². The van der Waals surface area contributed by atoms with E-state index >= 15 is 0 Å². The molecular weight excluding hydrogens is 403 g/mol. The Labute approximate surface area is 176 Å². The Morgan fingerprint density at radius 1 is 1.17 bits per heavy atom. The second kappa shape index (κ2) is 8.28. The number of rotatable bonds is 5. The summed E-state index contributed by atoms with van der Waals surface area (Å²) in [5, 5.41) is 5.46. The summed E-state index contributed by atoms with van der Waals surface area (Å²) in [6, 6.07) is 5.91. The van der Waals surface area contributed by atoms with Crippen LogP contribution in [0.5, 0.6) is 0 Å². The van der Waals surface area contributed by atoms with Crippen molar-refractivity contribution < 1.29 is 12.8 Å². The molecule has 0 spiro atoms. The molecule has 1 saturated heterocycles. The zero-order valence-electron chi connectivity index (χ0n) is 17.1. The molecule has 3 aromatic rings. The number of sulfonamides is 1. The molecule has 0 aliphatic carbocycles. The molecule has 0 atom stereocenters. The summed E-state index contributed by atoms with van der Waals surface area (Å²) in [7, 11) is -3.16. The van der Waals surface area contributed by atoms with Crippen LogP contribution in [0.25, 0.3) is 21.9 Å². The summed E-state index contributed by atoms with van der Waals surface area (Å²) in [5.41, 5.74) is 2.58. The molecule has 1 aromatic carbocycles. The van der Waals surface area contributed by atoms with Crippen LogP contribution < -0.4 is 5.32 Å². The topological polar surface area (TPSA) is 75.2 Å². The number of anilines is 1. The van der Waals surface area contributed by atoms with E-state index in [2.05, 4.69) is 15.3 Å². The van der Waals surface area contributed by atoms with E-state index in [1.54, 1.807) is 36.7 Å². The summed E-state index contributed by atoms with van der Waals surface area (Å²) in [6.07, 6.45) is 8.00. The molecule has 8 heteroatoms.